The smallest absolute Gasteiger partial charge is 0.147 e. The highest BCUT2D eigenvalue weighted by molar-refractivity contribution is 6.30. The SMILES string of the molecule is C/C=C\C(=C/N)C(O)c1c(-c2ccc(Cl)cc2CCC)noc1Cc1ccccc1. The highest BCUT2D eigenvalue weighted by atomic mass is 35.5. The van der Waals surface area contributed by atoms with E-state index in [4.69, 9.17) is 21.9 Å². The Kier molecular flexibility index (Phi) is 7.50. The lowest BCUT2D eigenvalue weighted by Gasteiger charge is -2.15. The van der Waals surface area contributed by atoms with Crippen LogP contribution in [0.15, 0.2) is 77.0 Å². The van der Waals surface area contributed by atoms with E-state index in [-0.39, 0.29) is 0 Å². The molecule has 0 aliphatic rings. The fourth-order valence-electron chi connectivity index (χ4n) is 3.58. The first kappa shape index (κ1) is 21.9. The van der Waals surface area contributed by atoms with Crippen molar-refractivity contribution in [2.24, 2.45) is 5.73 Å². The molecule has 1 heterocycles. The predicted octanol–water partition coefficient (Wildman–Crippen LogP) is 5.99. The van der Waals surface area contributed by atoms with Crippen molar-refractivity contribution in [2.45, 2.75) is 39.2 Å². The molecular formula is C25H27ClN2O2. The minimum atomic E-state index is -0.962. The normalized spacial score (nSPS) is 13.1. The van der Waals surface area contributed by atoms with E-state index in [1.165, 1.54) is 6.20 Å². The number of aromatic nitrogens is 1. The van der Waals surface area contributed by atoms with Crippen LogP contribution < -0.4 is 5.73 Å². The minimum Gasteiger partial charge on any atom is -0.404 e. The predicted molar refractivity (Wildman–Crippen MR) is 122 cm³/mol. The molecule has 156 valence electrons. The van der Waals surface area contributed by atoms with Crippen LogP contribution in [-0.2, 0) is 12.8 Å². The summed E-state index contributed by atoms with van der Waals surface area (Å²) >= 11 is 6.24. The van der Waals surface area contributed by atoms with Crippen molar-refractivity contribution in [3.05, 3.63) is 99.9 Å². The van der Waals surface area contributed by atoms with Crippen LogP contribution >= 0.6 is 11.6 Å². The van der Waals surface area contributed by atoms with Crippen molar-refractivity contribution in [3.8, 4) is 11.3 Å². The van der Waals surface area contributed by atoms with Gasteiger partial charge >= 0.3 is 0 Å². The molecule has 3 aromatic rings. The Morgan fingerprint density at radius 2 is 2.00 bits per heavy atom. The van der Waals surface area contributed by atoms with Crippen molar-refractivity contribution in [1.29, 1.82) is 0 Å². The minimum absolute atomic E-state index is 0.518. The molecular weight excluding hydrogens is 396 g/mol. The molecule has 2 aromatic carbocycles. The lowest BCUT2D eigenvalue weighted by atomic mass is 9.91. The average molecular weight is 423 g/mol. The lowest BCUT2D eigenvalue weighted by molar-refractivity contribution is 0.216. The first-order chi connectivity index (χ1) is 14.6. The Hall–Kier alpha value is -2.82. The van der Waals surface area contributed by atoms with Crippen LogP contribution in [0.2, 0.25) is 5.02 Å². The number of aliphatic hydroxyl groups is 1. The second-order valence-corrected chi connectivity index (χ2v) is 7.59. The first-order valence-electron chi connectivity index (χ1n) is 10.1. The maximum atomic E-state index is 11.3. The van der Waals surface area contributed by atoms with Crippen molar-refractivity contribution in [2.75, 3.05) is 0 Å². The molecule has 0 fully saturated rings. The van der Waals surface area contributed by atoms with Gasteiger partial charge in [0, 0.05) is 28.8 Å². The fourth-order valence-corrected chi connectivity index (χ4v) is 3.78. The first-order valence-corrected chi connectivity index (χ1v) is 10.5. The quantitative estimate of drug-likeness (QED) is 0.437. The van der Waals surface area contributed by atoms with Crippen molar-refractivity contribution < 1.29 is 9.63 Å². The largest absolute Gasteiger partial charge is 0.404 e. The van der Waals surface area contributed by atoms with Gasteiger partial charge in [-0.1, -0.05) is 78.7 Å². The molecule has 3 rings (SSSR count). The molecule has 1 unspecified atom stereocenters. The summed E-state index contributed by atoms with van der Waals surface area (Å²) in [7, 11) is 0. The number of nitrogens with two attached hydrogens (primary N) is 1. The molecule has 0 spiro atoms. The number of aliphatic hydroxyl groups excluding tert-OH is 1. The molecule has 0 aliphatic heterocycles. The molecule has 4 nitrogen and oxygen atoms in total. The standard InChI is InChI=1S/C25H27ClN2O2/c1-3-8-18-15-20(26)12-13-21(18)24-23(25(29)19(16-27)9-4-2)22(30-28-24)14-17-10-6-5-7-11-17/h4-7,9-13,15-16,25,29H,3,8,14,27H2,1-2H3/b9-4-,19-16+. The Morgan fingerprint density at radius 1 is 1.23 bits per heavy atom. The second kappa shape index (κ2) is 10.3. The number of hydrogen-bond acceptors (Lipinski definition) is 4. The van der Waals surface area contributed by atoms with Gasteiger partial charge in [0.1, 0.15) is 17.6 Å². The van der Waals surface area contributed by atoms with E-state index in [1.807, 2.05) is 61.5 Å². The number of halogens is 1. The van der Waals surface area contributed by atoms with Gasteiger partial charge in [-0.25, -0.2) is 0 Å². The van der Waals surface area contributed by atoms with Crippen LogP contribution in [0.25, 0.3) is 11.3 Å². The summed E-state index contributed by atoms with van der Waals surface area (Å²) in [5.41, 5.74) is 10.7. The van der Waals surface area contributed by atoms with Gasteiger partial charge < -0.3 is 15.4 Å². The third-order valence-corrected chi connectivity index (χ3v) is 5.23. The van der Waals surface area contributed by atoms with E-state index in [0.717, 1.165) is 29.5 Å². The van der Waals surface area contributed by atoms with E-state index < -0.39 is 6.10 Å². The molecule has 0 bridgehead atoms. The third kappa shape index (κ3) is 4.84. The molecule has 1 aromatic heterocycles. The number of allylic oxidation sites excluding steroid dienone is 1. The summed E-state index contributed by atoms with van der Waals surface area (Å²) in [5.74, 6) is 0.616. The van der Waals surface area contributed by atoms with E-state index in [2.05, 4.69) is 12.1 Å². The lowest BCUT2D eigenvalue weighted by Crippen LogP contribution is -2.06. The van der Waals surface area contributed by atoms with Gasteiger partial charge in [-0.15, -0.1) is 0 Å². The molecule has 0 amide bonds. The number of nitrogens with zero attached hydrogens (tertiary/aromatic N) is 1. The summed E-state index contributed by atoms with van der Waals surface area (Å²) in [6.07, 6.45) is 6.43. The molecule has 0 saturated carbocycles. The Morgan fingerprint density at radius 3 is 2.67 bits per heavy atom. The number of hydrogen-bond donors (Lipinski definition) is 2. The second-order valence-electron chi connectivity index (χ2n) is 7.15. The summed E-state index contributed by atoms with van der Waals surface area (Å²) in [4.78, 5) is 0. The van der Waals surface area contributed by atoms with Crippen molar-refractivity contribution >= 4 is 11.6 Å². The summed E-state index contributed by atoms with van der Waals surface area (Å²) in [5, 5.41) is 16.3. The zero-order valence-corrected chi connectivity index (χ0v) is 18.1. The third-order valence-electron chi connectivity index (χ3n) is 4.99. The average Bonchev–Trinajstić information content (AvgIpc) is 3.16. The van der Waals surface area contributed by atoms with Crippen molar-refractivity contribution in [1.82, 2.24) is 5.16 Å². The van der Waals surface area contributed by atoms with Crippen LogP contribution in [-0.4, -0.2) is 10.3 Å². The molecule has 0 saturated heterocycles. The monoisotopic (exact) mass is 422 g/mol. The maximum absolute atomic E-state index is 11.3. The van der Waals surface area contributed by atoms with Crippen molar-refractivity contribution in [3.63, 3.8) is 0 Å². The van der Waals surface area contributed by atoms with Crippen LogP contribution in [0, 0.1) is 0 Å². The summed E-state index contributed by atoms with van der Waals surface area (Å²) in [6, 6.07) is 15.7. The van der Waals surface area contributed by atoms with Gasteiger partial charge in [-0.05, 0) is 36.6 Å². The zero-order chi connectivity index (χ0) is 21.5. The highest BCUT2D eigenvalue weighted by Crippen LogP contribution is 2.37. The molecule has 0 radical (unpaired) electrons. The number of aryl methyl sites for hydroxylation is 1. The Bertz CT molecular complexity index is 1040. The molecule has 3 N–H and O–H groups in total. The summed E-state index contributed by atoms with van der Waals surface area (Å²) in [6.45, 7) is 4.00. The number of benzene rings is 2. The van der Waals surface area contributed by atoms with Gasteiger partial charge in [-0.2, -0.15) is 0 Å². The van der Waals surface area contributed by atoms with E-state index in [0.29, 0.717) is 34.0 Å². The van der Waals surface area contributed by atoms with Crippen LogP contribution in [0.4, 0.5) is 0 Å². The highest BCUT2D eigenvalue weighted by Gasteiger charge is 2.27. The topological polar surface area (TPSA) is 72.3 Å². The zero-order valence-electron chi connectivity index (χ0n) is 17.3. The van der Waals surface area contributed by atoms with Gasteiger partial charge in [0.25, 0.3) is 0 Å². The van der Waals surface area contributed by atoms with Crippen LogP contribution in [0.3, 0.4) is 0 Å². The van der Waals surface area contributed by atoms with Crippen LogP contribution in [0.5, 0.6) is 0 Å². The summed E-state index contributed by atoms with van der Waals surface area (Å²) < 4.78 is 5.78. The molecule has 5 heteroatoms. The Labute approximate surface area is 182 Å². The van der Waals surface area contributed by atoms with Gasteiger partial charge in [0.15, 0.2) is 0 Å². The Balaban J connectivity index is 2.17. The van der Waals surface area contributed by atoms with E-state index in [9.17, 15) is 5.11 Å². The molecule has 1 atom stereocenters. The van der Waals surface area contributed by atoms with Gasteiger partial charge in [0.2, 0.25) is 0 Å². The fraction of sp³-hybridized carbons (Fsp3) is 0.240. The van der Waals surface area contributed by atoms with Gasteiger partial charge in [-0.3, -0.25) is 0 Å². The van der Waals surface area contributed by atoms with E-state index >= 15 is 0 Å². The maximum Gasteiger partial charge on any atom is 0.147 e. The molecule has 30 heavy (non-hydrogen) atoms. The molecule has 0 aliphatic carbocycles. The number of rotatable bonds is 8. The van der Waals surface area contributed by atoms with Gasteiger partial charge in [0.05, 0.1) is 5.56 Å². The van der Waals surface area contributed by atoms with E-state index in [1.54, 1.807) is 6.08 Å². The van der Waals surface area contributed by atoms with Crippen LogP contribution in [0.1, 0.15) is 48.8 Å².